The van der Waals surface area contributed by atoms with Gasteiger partial charge in [0.05, 0.1) is 5.69 Å². The second-order valence-electron chi connectivity index (χ2n) is 5.38. The van der Waals surface area contributed by atoms with Gasteiger partial charge in [0.15, 0.2) is 5.13 Å². The van der Waals surface area contributed by atoms with Gasteiger partial charge in [0, 0.05) is 24.5 Å². The summed E-state index contributed by atoms with van der Waals surface area (Å²) in [5.74, 6) is 0.851. The summed E-state index contributed by atoms with van der Waals surface area (Å²) in [6.07, 6.45) is 5.33. The molecule has 0 amide bonds. The summed E-state index contributed by atoms with van der Waals surface area (Å²) < 4.78 is 0. The van der Waals surface area contributed by atoms with Crippen LogP contribution in [-0.2, 0) is 0 Å². The van der Waals surface area contributed by atoms with E-state index in [4.69, 9.17) is 5.73 Å². The first-order valence-corrected chi connectivity index (χ1v) is 7.39. The molecule has 1 fully saturated rings. The second kappa shape index (κ2) is 5.36. The van der Waals surface area contributed by atoms with E-state index in [2.05, 4.69) is 29.2 Å². The SMILES string of the molecule is CC1CCCC(N(C)c2nc(C(C)N)cs2)C1. The maximum atomic E-state index is 5.85. The molecule has 4 heteroatoms. The van der Waals surface area contributed by atoms with Crippen LogP contribution in [0, 0.1) is 5.92 Å². The lowest BCUT2D eigenvalue weighted by Crippen LogP contribution is -2.35. The lowest BCUT2D eigenvalue weighted by Gasteiger charge is -2.33. The molecule has 1 saturated carbocycles. The minimum atomic E-state index is 0.0404. The minimum absolute atomic E-state index is 0.0404. The van der Waals surface area contributed by atoms with Gasteiger partial charge in [-0.3, -0.25) is 0 Å². The summed E-state index contributed by atoms with van der Waals surface area (Å²) in [6.45, 7) is 4.34. The first kappa shape index (κ1) is 12.8. The fourth-order valence-electron chi connectivity index (χ4n) is 2.56. The van der Waals surface area contributed by atoms with E-state index < -0.39 is 0 Å². The third-order valence-corrected chi connectivity index (χ3v) is 4.68. The van der Waals surface area contributed by atoms with Gasteiger partial charge in [-0.15, -0.1) is 11.3 Å². The highest BCUT2D eigenvalue weighted by molar-refractivity contribution is 7.13. The molecule has 1 aliphatic rings. The number of aromatic nitrogens is 1. The van der Waals surface area contributed by atoms with Crippen molar-refractivity contribution < 1.29 is 0 Å². The van der Waals surface area contributed by atoms with Crippen LogP contribution in [0.5, 0.6) is 0 Å². The van der Waals surface area contributed by atoms with Crippen LogP contribution in [0.3, 0.4) is 0 Å². The Morgan fingerprint density at radius 1 is 1.53 bits per heavy atom. The average Bonchev–Trinajstić information content (AvgIpc) is 2.77. The molecular weight excluding hydrogens is 230 g/mol. The fourth-order valence-corrected chi connectivity index (χ4v) is 3.52. The molecule has 3 nitrogen and oxygen atoms in total. The summed E-state index contributed by atoms with van der Waals surface area (Å²) in [5.41, 5.74) is 6.87. The van der Waals surface area contributed by atoms with Crippen molar-refractivity contribution in [1.29, 1.82) is 0 Å². The van der Waals surface area contributed by atoms with E-state index in [0.717, 1.165) is 16.7 Å². The Morgan fingerprint density at radius 3 is 2.88 bits per heavy atom. The van der Waals surface area contributed by atoms with Crippen LogP contribution in [0.25, 0.3) is 0 Å². The molecule has 1 aromatic rings. The average molecular weight is 253 g/mol. The summed E-state index contributed by atoms with van der Waals surface area (Å²) in [4.78, 5) is 6.98. The normalized spacial score (nSPS) is 26.8. The molecular formula is C13H23N3S. The molecule has 3 unspecified atom stereocenters. The van der Waals surface area contributed by atoms with Crippen molar-refractivity contribution in [1.82, 2.24) is 4.98 Å². The predicted octanol–water partition coefficient (Wildman–Crippen LogP) is 3.18. The Kier molecular flexibility index (Phi) is 4.05. The van der Waals surface area contributed by atoms with E-state index in [1.807, 2.05) is 6.92 Å². The zero-order chi connectivity index (χ0) is 12.4. The van der Waals surface area contributed by atoms with E-state index >= 15 is 0 Å². The van der Waals surface area contributed by atoms with Gasteiger partial charge in [0.1, 0.15) is 0 Å². The number of nitrogens with zero attached hydrogens (tertiary/aromatic N) is 2. The zero-order valence-corrected chi connectivity index (χ0v) is 11.8. The lowest BCUT2D eigenvalue weighted by atomic mass is 9.86. The van der Waals surface area contributed by atoms with Gasteiger partial charge in [-0.25, -0.2) is 4.98 Å². The van der Waals surface area contributed by atoms with Crippen molar-refractivity contribution >= 4 is 16.5 Å². The molecule has 2 N–H and O–H groups in total. The quantitative estimate of drug-likeness (QED) is 0.899. The first-order chi connectivity index (χ1) is 8.08. The Labute approximate surface area is 108 Å². The van der Waals surface area contributed by atoms with Crippen LogP contribution < -0.4 is 10.6 Å². The van der Waals surface area contributed by atoms with Crippen molar-refractivity contribution in [3.63, 3.8) is 0 Å². The van der Waals surface area contributed by atoms with Gasteiger partial charge in [0.2, 0.25) is 0 Å². The molecule has 1 aromatic heterocycles. The third kappa shape index (κ3) is 2.99. The van der Waals surface area contributed by atoms with Crippen LogP contribution in [0.15, 0.2) is 5.38 Å². The van der Waals surface area contributed by atoms with E-state index in [0.29, 0.717) is 6.04 Å². The molecule has 0 spiro atoms. The standard InChI is InChI=1S/C13H23N3S/c1-9-5-4-6-11(7-9)16(3)13-15-12(8-17-13)10(2)14/h8-11H,4-7,14H2,1-3H3. The molecule has 17 heavy (non-hydrogen) atoms. The van der Waals surface area contributed by atoms with Gasteiger partial charge >= 0.3 is 0 Å². The predicted molar refractivity (Wildman–Crippen MR) is 74.5 cm³/mol. The van der Waals surface area contributed by atoms with Crippen LogP contribution in [-0.4, -0.2) is 18.1 Å². The largest absolute Gasteiger partial charge is 0.348 e. The Bertz CT molecular complexity index is 361. The minimum Gasteiger partial charge on any atom is -0.348 e. The molecule has 0 radical (unpaired) electrons. The fraction of sp³-hybridized carbons (Fsp3) is 0.769. The Balaban J connectivity index is 2.04. The third-order valence-electron chi connectivity index (χ3n) is 3.73. The van der Waals surface area contributed by atoms with Crippen LogP contribution in [0.1, 0.15) is 51.3 Å². The zero-order valence-electron chi connectivity index (χ0n) is 11.0. The van der Waals surface area contributed by atoms with Crippen LogP contribution in [0.4, 0.5) is 5.13 Å². The molecule has 0 aliphatic heterocycles. The maximum Gasteiger partial charge on any atom is 0.185 e. The number of nitrogens with two attached hydrogens (primary N) is 1. The highest BCUT2D eigenvalue weighted by Crippen LogP contribution is 2.31. The number of rotatable bonds is 3. The molecule has 0 bridgehead atoms. The van der Waals surface area contributed by atoms with Crippen LogP contribution in [0.2, 0.25) is 0 Å². The van der Waals surface area contributed by atoms with E-state index in [1.54, 1.807) is 11.3 Å². The Hall–Kier alpha value is -0.610. The summed E-state index contributed by atoms with van der Waals surface area (Å²) in [6, 6.07) is 0.699. The molecule has 0 aromatic carbocycles. The van der Waals surface area contributed by atoms with Crippen molar-refractivity contribution in [2.75, 3.05) is 11.9 Å². The molecule has 96 valence electrons. The second-order valence-corrected chi connectivity index (χ2v) is 6.22. The van der Waals surface area contributed by atoms with Crippen LogP contribution >= 0.6 is 11.3 Å². The van der Waals surface area contributed by atoms with Gasteiger partial charge in [-0.2, -0.15) is 0 Å². The number of anilines is 1. The number of thiazole rings is 1. The molecule has 3 atom stereocenters. The maximum absolute atomic E-state index is 5.85. The number of hydrogen-bond acceptors (Lipinski definition) is 4. The van der Waals surface area contributed by atoms with Gasteiger partial charge in [-0.05, 0) is 25.7 Å². The van der Waals surface area contributed by atoms with E-state index in [1.165, 1.54) is 25.7 Å². The van der Waals surface area contributed by atoms with Crippen molar-refractivity contribution in [3.05, 3.63) is 11.1 Å². The summed E-state index contributed by atoms with van der Waals surface area (Å²) >= 11 is 1.72. The molecule has 0 saturated heterocycles. The first-order valence-electron chi connectivity index (χ1n) is 6.51. The van der Waals surface area contributed by atoms with E-state index in [-0.39, 0.29) is 6.04 Å². The summed E-state index contributed by atoms with van der Waals surface area (Å²) in [7, 11) is 2.17. The highest BCUT2D eigenvalue weighted by atomic mass is 32.1. The summed E-state index contributed by atoms with van der Waals surface area (Å²) in [5, 5.41) is 3.21. The smallest absolute Gasteiger partial charge is 0.185 e. The monoisotopic (exact) mass is 253 g/mol. The lowest BCUT2D eigenvalue weighted by molar-refractivity contribution is 0.336. The van der Waals surface area contributed by atoms with Gasteiger partial charge in [0.25, 0.3) is 0 Å². The van der Waals surface area contributed by atoms with Crippen molar-refractivity contribution in [2.45, 2.75) is 51.6 Å². The van der Waals surface area contributed by atoms with Crippen molar-refractivity contribution in [2.24, 2.45) is 11.7 Å². The molecule has 1 aliphatic carbocycles. The van der Waals surface area contributed by atoms with Gasteiger partial charge < -0.3 is 10.6 Å². The Morgan fingerprint density at radius 2 is 2.29 bits per heavy atom. The van der Waals surface area contributed by atoms with Crippen molar-refractivity contribution in [3.8, 4) is 0 Å². The molecule has 2 rings (SSSR count). The van der Waals surface area contributed by atoms with E-state index in [9.17, 15) is 0 Å². The molecule has 1 heterocycles. The number of hydrogen-bond donors (Lipinski definition) is 1. The van der Waals surface area contributed by atoms with Gasteiger partial charge in [-0.1, -0.05) is 19.8 Å². The highest BCUT2D eigenvalue weighted by Gasteiger charge is 2.24. The topological polar surface area (TPSA) is 42.2 Å².